The summed E-state index contributed by atoms with van der Waals surface area (Å²) in [6.45, 7) is 6.05. The van der Waals surface area contributed by atoms with Gasteiger partial charge < -0.3 is 10.1 Å². The Morgan fingerprint density at radius 2 is 1.86 bits per heavy atom. The van der Waals surface area contributed by atoms with Gasteiger partial charge in [0.1, 0.15) is 6.04 Å². The number of ether oxygens (including phenoxy) is 1. The first kappa shape index (κ1) is 20.2. The van der Waals surface area contributed by atoms with Crippen molar-refractivity contribution in [3.05, 3.63) is 0 Å². The zero-order chi connectivity index (χ0) is 16.3. The lowest BCUT2D eigenvalue weighted by molar-refractivity contribution is -0.148. The fraction of sp³-hybridized carbons (Fsp3) is 0.929. The number of esters is 1. The van der Waals surface area contributed by atoms with E-state index < -0.39 is 24.7 Å². The van der Waals surface area contributed by atoms with Crippen LogP contribution in [-0.2, 0) is 9.53 Å². The van der Waals surface area contributed by atoms with Gasteiger partial charge in [0.15, 0.2) is 0 Å². The number of rotatable bonds is 11. The molecular formula is C14H27F3N2O2. The molecule has 126 valence electrons. The van der Waals surface area contributed by atoms with Gasteiger partial charge in [-0.1, -0.05) is 13.8 Å². The average Bonchev–Trinajstić information content (AvgIpc) is 2.37. The van der Waals surface area contributed by atoms with E-state index in [4.69, 9.17) is 4.74 Å². The maximum Gasteiger partial charge on any atom is 0.401 e. The van der Waals surface area contributed by atoms with Crippen molar-refractivity contribution in [1.29, 1.82) is 0 Å². The van der Waals surface area contributed by atoms with Gasteiger partial charge in [-0.05, 0) is 39.3 Å². The summed E-state index contributed by atoms with van der Waals surface area (Å²) in [4.78, 5) is 13.1. The topological polar surface area (TPSA) is 41.6 Å². The van der Waals surface area contributed by atoms with E-state index in [1.807, 2.05) is 13.8 Å². The van der Waals surface area contributed by atoms with Crippen molar-refractivity contribution >= 4 is 5.97 Å². The molecule has 0 aliphatic heterocycles. The van der Waals surface area contributed by atoms with Crippen LogP contribution in [0.2, 0.25) is 0 Å². The van der Waals surface area contributed by atoms with Crippen molar-refractivity contribution in [2.45, 2.75) is 52.3 Å². The van der Waals surface area contributed by atoms with Gasteiger partial charge in [-0.25, -0.2) is 0 Å². The van der Waals surface area contributed by atoms with Crippen molar-refractivity contribution in [3.8, 4) is 0 Å². The van der Waals surface area contributed by atoms with Gasteiger partial charge in [-0.15, -0.1) is 0 Å². The van der Waals surface area contributed by atoms with Gasteiger partial charge in [0.25, 0.3) is 0 Å². The van der Waals surface area contributed by atoms with Crippen LogP contribution in [0.15, 0.2) is 0 Å². The van der Waals surface area contributed by atoms with E-state index >= 15 is 0 Å². The number of nitrogens with one attached hydrogen (secondary N) is 1. The van der Waals surface area contributed by atoms with Crippen LogP contribution >= 0.6 is 0 Å². The summed E-state index contributed by atoms with van der Waals surface area (Å²) in [5, 5.41) is 3.03. The van der Waals surface area contributed by atoms with E-state index in [0.29, 0.717) is 25.9 Å². The quantitative estimate of drug-likeness (QED) is 0.595. The first-order valence-electron chi connectivity index (χ1n) is 7.53. The summed E-state index contributed by atoms with van der Waals surface area (Å²) in [6.07, 6.45) is -2.42. The lowest BCUT2D eigenvalue weighted by atomic mass is 10.2. The second-order valence-corrected chi connectivity index (χ2v) is 4.94. The maximum atomic E-state index is 12.5. The van der Waals surface area contributed by atoms with Crippen LogP contribution in [0.1, 0.15) is 40.0 Å². The normalized spacial score (nSPS) is 13.5. The van der Waals surface area contributed by atoms with Gasteiger partial charge in [0, 0.05) is 6.54 Å². The molecule has 0 radical (unpaired) electrons. The van der Waals surface area contributed by atoms with E-state index in [1.165, 1.54) is 4.90 Å². The Bertz CT molecular complexity index is 286. The van der Waals surface area contributed by atoms with Crippen LogP contribution in [0.5, 0.6) is 0 Å². The molecule has 21 heavy (non-hydrogen) atoms. The molecule has 0 spiro atoms. The highest BCUT2D eigenvalue weighted by atomic mass is 19.4. The second-order valence-electron chi connectivity index (χ2n) is 4.94. The predicted octanol–water partition coefficient (Wildman–Crippen LogP) is 2.58. The summed E-state index contributed by atoms with van der Waals surface area (Å²) >= 11 is 0. The molecule has 4 nitrogen and oxygen atoms in total. The van der Waals surface area contributed by atoms with Crippen molar-refractivity contribution in [2.75, 3.05) is 32.8 Å². The van der Waals surface area contributed by atoms with Crippen LogP contribution in [0.4, 0.5) is 13.2 Å². The van der Waals surface area contributed by atoms with Crippen molar-refractivity contribution < 1.29 is 22.7 Å². The Kier molecular flexibility index (Phi) is 10.4. The molecule has 0 aromatic rings. The Balaban J connectivity index is 4.47. The van der Waals surface area contributed by atoms with Crippen molar-refractivity contribution in [1.82, 2.24) is 10.2 Å². The molecule has 0 saturated carbocycles. The molecular weight excluding hydrogens is 285 g/mol. The average molecular weight is 312 g/mol. The maximum absolute atomic E-state index is 12.5. The minimum atomic E-state index is -4.22. The molecule has 0 amide bonds. The summed E-state index contributed by atoms with van der Waals surface area (Å²) in [5.74, 6) is -0.394. The summed E-state index contributed by atoms with van der Waals surface area (Å²) in [7, 11) is 0. The van der Waals surface area contributed by atoms with Gasteiger partial charge >= 0.3 is 12.1 Å². The van der Waals surface area contributed by atoms with Crippen molar-refractivity contribution in [2.24, 2.45) is 0 Å². The van der Waals surface area contributed by atoms with Gasteiger partial charge in [0.2, 0.25) is 0 Å². The molecule has 0 aliphatic carbocycles. The Labute approximate surface area is 125 Å². The van der Waals surface area contributed by atoms with Gasteiger partial charge in [-0.2, -0.15) is 13.2 Å². The highest BCUT2D eigenvalue weighted by molar-refractivity contribution is 5.75. The minimum absolute atomic E-state index is 0.216. The molecule has 1 atom stereocenters. The van der Waals surface area contributed by atoms with Gasteiger partial charge in [0.05, 0.1) is 13.2 Å². The highest BCUT2D eigenvalue weighted by Gasteiger charge is 2.31. The molecule has 0 fully saturated rings. The SMILES string of the molecule is CCCNC(CCN(CCC)CC(F)(F)F)C(=O)OCC. The summed E-state index contributed by atoms with van der Waals surface area (Å²) < 4.78 is 42.4. The third-order valence-corrected chi connectivity index (χ3v) is 2.89. The smallest absolute Gasteiger partial charge is 0.401 e. The van der Waals surface area contributed by atoms with E-state index in [1.54, 1.807) is 6.92 Å². The minimum Gasteiger partial charge on any atom is -0.465 e. The first-order chi connectivity index (χ1) is 9.84. The van der Waals surface area contributed by atoms with E-state index in [9.17, 15) is 18.0 Å². The number of hydrogen-bond acceptors (Lipinski definition) is 4. The molecule has 1 N–H and O–H groups in total. The van der Waals surface area contributed by atoms with E-state index in [-0.39, 0.29) is 13.2 Å². The molecule has 7 heteroatoms. The zero-order valence-corrected chi connectivity index (χ0v) is 13.1. The number of alkyl halides is 3. The molecule has 1 unspecified atom stereocenters. The number of halogens is 3. The fourth-order valence-corrected chi connectivity index (χ4v) is 2.02. The lowest BCUT2D eigenvalue weighted by Gasteiger charge is -2.25. The zero-order valence-electron chi connectivity index (χ0n) is 13.1. The molecule has 0 saturated heterocycles. The third-order valence-electron chi connectivity index (χ3n) is 2.89. The highest BCUT2D eigenvalue weighted by Crippen LogP contribution is 2.17. The summed E-state index contributed by atoms with van der Waals surface area (Å²) in [5.41, 5.74) is 0. The second kappa shape index (κ2) is 10.8. The molecule has 0 heterocycles. The Morgan fingerprint density at radius 1 is 1.19 bits per heavy atom. The summed E-state index contributed by atoms with van der Waals surface area (Å²) in [6, 6.07) is -0.544. The van der Waals surface area contributed by atoms with Gasteiger partial charge in [-0.3, -0.25) is 9.69 Å². The lowest BCUT2D eigenvalue weighted by Crippen LogP contribution is -2.43. The third kappa shape index (κ3) is 10.5. The van der Waals surface area contributed by atoms with Crippen LogP contribution in [-0.4, -0.2) is 55.9 Å². The van der Waals surface area contributed by atoms with Crippen molar-refractivity contribution in [3.63, 3.8) is 0 Å². The fourth-order valence-electron chi connectivity index (χ4n) is 2.02. The monoisotopic (exact) mass is 312 g/mol. The Hall–Kier alpha value is -0.820. The molecule has 0 bridgehead atoms. The van der Waals surface area contributed by atoms with Crippen LogP contribution in [0.3, 0.4) is 0 Å². The molecule has 0 aromatic heterocycles. The number of carbonyl (C=O) groups is 1. The van der Waals surface area contributed by atoms with Crippen LogP contribution < -0.4 is 5.32 Å². The van der Waals surface area contributed by atoms with E-state index in [2.05, 4.69) is 5.32 Å². The molecule has 0 aliphatic rings. The number of hydrogen-bond donors (Lipinski definition) is 1. The van der Waals surface area contributed by atoms with Crippen LogP contribution in [0.25, 0.3) is 0 Å². The van der Waals surface area contributed by atoms with Crippen LogP contribution in [0, 0.1) is 0 Å². The standard InChI is InChI=1S/C14H27F3N2O2/c1-4-8-18-12(13(20)21-6-3)7-10-19(9-5-2)11-14(15,16)17/h12,18H,4-11H2,1-3H3. The first-order valence-corrected chi connectivity index (χ1v) is 7.53. The number of carbonyl (C=O) groups excluding carboxylic acids is 1. The predicted molar refractivity (Wildman–Crippen MR) is 76.1 cm³/mol. The number of nitrogens with zero attached hydrogens (tertiary/aromatic N) is 1. The van der Waals surface area contributed by atoms with E-state index in [0.717, 1.165) is 6.42 Å². The molecule has 0 rings (SSSR count). The Morgan fingerprint density at radius 3 is 2.33 bits per heavy atom. The largest absolute Gasteiger partial charge is 0.465 e. The molecule has 0 aromatic carbocycles.